The first-order chi connectivity index (χ1) is 23.5. The lowest BCUT2D eigenvalue weighted by atomic mass is 9.92. The minimum Gasteiger partial charge on any atom is -0.314 e. The third-order valence-electron chi connectivity index (χ3n) is 9.39. The highest BCUT2D eigenvalue weighted by molar-refractivity contribution is 7.79. The van der Waals surface area contributed by atoms with Crippen molar-refractivity contribution in [3.8, 4) is 67.0 Å². The molecule has 8 aromatic rings. The maximum Gasteiger partial charge on any atom is 0.182 e. The van der Waals surface area contributed by atoms with Crippen LogP contribution in [-0.4, -0.2) is 21.3 Å². The first kappa shape index (κ1) is 28.4. The molecule has 0 spiro atoms. The van der Waals surface area contributed by atoms with Gasteiger partial charge in [0.2, 0.25) is 0 Å². The minimum absolute atomic E-state index is 0.673. The Morgan fingerprint density at radius 2 is 1.04 bits per heavy atom. The van der Waals surface area contributed by atoms with E-state index in [1.807, 2.05) is 53.6 Å². The molecule has 228 valence electrons. The molecule has 3 heterocycles. The molecule has 1 unspecified atom stereocenters. The fourth-order valence-electron chi connectivity index (χ4n) is 7.04. The summed E-state index contributed by atoms with van der Waals surface area (Å²) < 4.78 is 15.9. The van der Waals surface area contributed by atoms with Crippen molar-refractivity contribution in [3.63, 3.8) is 0 Å². The molecule has 6 aromatic carbocycles. The highest BCUT2D eigenvalue weighted by Crippen LogP contribution is 2.52. The first-order valence-electron chi connectivity index (χ1n) is 16.1. The third kappa shape index (κ3) is 4.65. The standard InChI is InChI=1S/C43H30N3OP/c1-48(47)39-23-9-8-21-37(39)41-36(22-12-24-40(41)48)33-19-10-17-31(25-33)32-18-11-20-34(26-32)42-44-43-38(30-15-6-3-7-16-30)27-35(28-46(43)45-42)29-13-4-2-5-14-29/h2-28H,1H3. The van der Waals surface area contributed by atoms with Crippen LogP contribution < -0.4 is 10.6 Å². The van der Waals surface area contributed by atoms with E-state index in [-0.39, 0.29) is 0 Å². The number of benzene rings is 6. The monoisotopic (exact) mass is 635 g/mol. The quantitative estimate of drug-likeness (QED) is 0.177. The van der Waals surface area contributed by atoms with E-state index in [1.165, 1.54) is 0 Å². The molecule has 48 heavy (non-hydrogen) atoms. The Morgan fingerprint density at radius 1 is 0.479 bits per heavy atom. The number of hydrogen-bond acceptors (Lipinski definition) is 3. The zero-order valence-corrected chi connectivity index (χ0v) is 27.2. The summed E-state index contributed by atoms with van der Waals surface area (Å²) in [5.74, 6) is 0.673. The lowest BCUT2D eigenvalue weighted by molar-refractivity contribution is 0.591. The second-order valence-electron chi connectivity index (χ2n) is 12.4. The Labute approximate surface area is 279 Å². The predicted molar refractivity (Wildman–Crippen MR) is 198 cm³/mol. The van der Waals surface area contributed by atoms with E-state index in [4.69, 9.17) is 10.1 Å². The van der Waals surface area contributed by atoms with Crippen LogP contribution in [0.15, 0.2) is 164 Å². The summed E-state index contributed by atoms with van der Waals surface area (Å²) in [6, 6.07) is 54.4. The molecule has 0 aliphatic carbocycles. The fourth-order valence-corrected chi connectivity index (χ4v) is 9.35. The van der Waals surface area contributed by atoms with E-state index >= 15 is 0 Å². The van der Waals surface area contributed by atoms with Crippen LogP contribution in [0.2, 0.25) is 0 Å². The van der Waals surface area contributed by atoms with Gasteiger partial charge in [-0.25, -0.2) is 9.50 Å². The molecule has 5 heteroatoms. The van der Waals surface area contributed by atoms with Gasteiger partial charge >= 0.3 is 0 Å². The van der Waals surface area contributed by atoms with E-state index in [0.29, 0.717) is 5.82 Å². The summed E-state index contributed by atoms with van der Waals surface area (Å²) in [7, 11) is -2.65. The molecule has 0 saturated carbocycles. The summed E-state index contributed by atoms with van der Waals surface area (Å²) in [6.07, 6.45) is 2.06. The lowest BCUT2D eigenvalue weighted by Gasteiger charge is -2.12. The second-order valence-corrected chi connectivity index (χ2v) is 15.2. The smallest absolute Gasteiger partial charge is 0.182 e. The molecule has 0 bridgehead atoms. The predicted octanol–water partition coefficient (Wildman–Crippen LogP) is 9.99. The van der Waals surface area contributed by atoms with Crippen LogP contribution in [0.5, 0.6) is 0 Å². The Kier molecular flexibility index (Phi) is 6.60. The van der Waals surface area contributed by atoms with Gasteiger partial charge in [-0.1, -0.05) is 140 Å². The van der Waals surface area contributed by atoms with Crippen LogP contribution in [-0.2, 0) is 4.57 Å². The van der Waals surface area contributed by atoms with Gasteiger partial charge in [-0.15, -0.1) is 5.10 Å². The van der Waals surface area contributed by atoms with Crippen LogP contribution in [0, 0.1) is 0 Å². The van der Waals surface area contributed by atoms with E-state index in [1.54, 1.807) is 0 Å². The van der Waals surface area contributed by atoms with Crippen molar-refractivity contribution in [3.05, 3.63) is 164 Å². The largest absolute Gasteiger partial charge is 0.314 e. The van der Waals surface area contributed by atoms with E-state index in [2.05, 4.69) is 121 Å². The number of aromatic nitrogens is 3. The van der Waals surface area contributed by atoms with Gasteiger partial charge in [0.1, 0.15) is 7.14 Å². The van der Waals surface area contributed by atoms with Gasteiger partial charge in [0.25, 0.3) is 0 Å². The van der Waals surface area contributed by atoms with Crippen LogP contribution in [0.3, 0.4) is 0 Å². The van der Waals surface area contributed by atoms with Crippen molar-refractivity contribution in [2.24, 2.45) is 0 Å². The highest BCUT2D eigenvalue weighted by atomic mass is 31.2. The molecule has 0 radical (unpaired) electrons. The summed E-state index contributed by atoms with van der Waals surface area (Å²) in [5.41, 5.74) is 12.6. The van der Waals surface area contributed by atoms with E-state index in [9.17, 15) is 4.57 Å². The average Bonchev–Trinajstić information content (AvgIpc) is 3.69. The van der Waals surface area contributed by atoms with Crippen LogP contribution in [0.1, 0.15) is 0 Å². The normalized spacial score (nSPS) is 14.9. The Hall–Kier alpha value is -5.83. The molecular weight excluding hydrogens is 605 g/mol. The average molecular weight is 636 g/mol. The van der Waals surface area contributed by atoms with Crippen molar-refractivity contribution in [2.45, 2.75) is 0 Å². The zero-order valence-electron chi connectivity index (χ0n) is 26.3. The van der Waals surface area contributed by atoms with Gasteiger partial charge in [0, 0.05) is 39.1 Å². The first-order valence-corrected chi connectivity index (χ1v) is 18.2. The summed E-state index contributed by atoms with van der Waals surface area (Å²) in [6.45, 7) is 1.89. The number of hydrogen-bond donors (Lipinski definition) is 0. The van der Waals surface area contributed by atoms with Crippen LogP contribution in [0.25, 0.3) is 72.7 Å². The molecule has 9 rings (SSSR count). The van der Waals surface area contributed by atoms with Gasteiger partial charge in [-0.05, 0) is 63.8 Å². The molecule has 0 saturated heterocycles. The summed E-state index contributed by atoms with van der Waals surface area (Å²) in [4.78, 5) is 5.09. The minimum atomic E-state index is -2.65. The van der Waals surface area contributed by atoms with E-state index in [0.717, 1.165) is 77.5 Å². The summed E-state index contributed by atoms with van der Waals surface area (Å²) >= 11 is 0. The third-order valence-corrected chi connectivity index (χ3v) is 12.0. The molecule has 0 fully saturated rings. The lowest BCUT2D eigenvalue weighted by Crippen LogP contribution is -2.07. The summed E-state index contributed by atoms with van der Waals surface area (Å²) in [5, 5.41) is 6.90. The molecule has 1 aliphatic heterocycles. The van der Waals surface area contributed by atoms with Gasteiger partial charge < -0.3 is 4.57 Å². The second kappa shape index (κ2) is 11.2. The maximum atomic E-state index is 13.9. The topological polar surface area (TPSA) is 47.3 Å². The SMILES string of the molecule is CP1(=O)c2ccccc2-c2c(-c3cccc(-c4cccc(-c5nc6c(-c7ccccc7)cc(-c7ccccc7)cn6n5)c4)c3)cccc21. The molecular formula is C43H30N3OP. The fraction of sp³-hybridized carbons (Fsp3) is 0.0233. The molecule has 0 amide bonds. The number of rotatable bonds is 5. The van der Waals surface area contributed by atoms with Crippen molar-refractivity contribution in [2.75, 3.05) is 6.66 Å². The Morgan fingerprint density at radius 3 is 1.81 bits per heavy atom. The van der Waals surface area contributed by atoms with Crippen molar-refractivity contribution >= 4 is 23.4 Å². The van der Waals surface area contributed by atoms with Crippen molar-refractivity contribution in [1.29, 1.82) is 0 Å². The maximum absolute atomic E-state index is 13.9. The number of fused-ring (bicyclic) bond motifs is 4. The molecule has 1 aliphatic rings. The van der Waals surface area contributed by atoms with Crippen LogP contribution >= 0.6 is 7.14 Å². The zero-order chi connectivity index (χ0) is 32.2. The van der Waals surface area contributed by atoms with Crippen molar-refractivity contribution in [1.82, 2.24) is 14.6 Å². The molecule has 4 nitrogen and oxygen atoms in total. The van der Waals surface area contributed by atoms with Gasteiger partial charge in [0.05, 0.1) is 0 Å². The molecule has 2 aromatic heterocycles. The van der Waals surface area contributed by atoms with Crippen molar-refractivity contribution < 1.29 is 4.57 Å². The molecule has 1 atom stereocenters. The molecule has 0 N–H and O–H groups in total. The number of pyridine rings is 1. The van der Waals surface area contributed by atoms with Crippen LogP contribution in [0.4, 0.5) is 0 Å². The number of nitrogens with zero attached hydrogens (tertiary/aromatic N) is 3. The van der Waals surface area contributed by atoms with Gasteiger partial charge in [-0.2, -0.15) is 0 Å². The van der Waals surface area contributed by atoms with Gasteiger partial charge in [-0.3, -0.25) is 0 Å². The van der Waals surface area contributed by atoms with E-state index < -0.39 is 7.14 Å². The Balaban J connectivity index is 1.14. The highest BCUT2D eigenvalue weighted by Gasteiger charge is 2.35. The van der Waals surface area contributed by atoms with Gasteiger partial charge in [0.15, 0.2) is 11.5 Å². The Bertz CT molecular complexity index is 2550.